The van der Waals surface area contributed by atoms with Gasteiger partial charge in [0, 0.05) is 105 Å². The summed E-state index contributed by atoms with van der Waals surface area (Å²) in [5, 5.41) is 22.9. The number of aromatic hydroxyl groups is 2. The molecule has 8 heteroatoms. The highest BCUT2D eigenvalue weighted by molar-refractivity contribution is 5.85. The molecule has 2 heterocycles. The van der Waals surface area contributed by atoms with Crippen molar-refractivity contribution < 1.29 is 19.7 Å². The molecule has 2 unspecified atom stereocenters. The van der Waals surface area contributed by atoms with Crippen molar-refractivity contribution in [1.29, 1.82) is 0 Å². The predicted molar refractivity (Wildman–Crippen MR) is 192 cm³/mol. The van der Waals surface area contributed by atoms with Gasteiger partial charge in [-0.15, -0.1) is 0 Å². The molecule has 6 bridgehead atoms. The number of ether oxygens (including phenoxy) is 2. The third-order valence-corrected chi connectivity index (χ3v) is 8.82. The summed E-state index contributed by atoms with van der Waals surface area (Å²) in [7, 11) is 0. The van der Waals surface area contributed by atoms with Crippen molar-refractivity contribution in [3.05, 3.63) is 117 Å². The minimum atomic E-state index is 0.264. The van der Waals surface area contributed by atoms with Crippen LogP contribution in [0.2, 0.25) is 0 Å². The molecule has 0 saturated heterocycles. The van der Waals surface area contributed by atoms with Crippen LogP contribution in [0, 0.1) is 13.8 Å². The van der Waals surface area contributed by atoms with E-state index in [1.807, 2.05) is 48.5 Å². The predicted octanol–water partition coefficient (Wildman–Crippen LogP) is 6.82. The molecule has 0 amide bonds. The van der Waals surface area contributed by atoms with Gasteiger partial charge in [0.1, 0.15) is 23.0 Å². The fourth-order valence-electron chi connectivity index (χ4n) is 6.43. The van der Waals surface area contributed by atoms with E-state index >= 15 is 0 Å². The second kappa shape index (κ2) is 16.0. The molecule has 4 aromatic carbocycles. The van der Waals surface area contributed by atoms with Crippen molar-refractivity contribution in [3.63, 3.8) is 0 Å². The minimum absolute atomic E-state index is 0.264. The van der Waals surface area contributed by atoms with E-state index in [0.717, 1.165) is 68.8 Å². The Morgan fingerprint density at radius 1 is 0.562 bits per heavy atom. The first-order valence-electron chi connectivity index (χ1n) is 16.9. The fraction of sp³-hybridized carbons (Fsp3) is 0.350. The lowest BCUT2D eigenvalue weighted by Crippen LogP contribution is -2.34. The number of phenols is 2. The Bertz CT molecular complexity index is 1640. The number of aliphatic imine (C=N–C) groups is 2. The van der Waals surface area contributed by atoms with Crippen LogP contribution in [0.15, 0.2) is 82.8 Å². The number of rotatable bonds is 0. The summed E-state index contributed by atoms with van der Waals surface area (Å²) >= 11 is 0. The Morgan fingerprint density at radius 3 is 1.48 bits per heavy atom. The quantitative estimate of drug-likeness (QED) is 0.218. The monoisotopic (exact) mass is 646 g/mol. The molecule has 4 aromatic rings. The van der Waals surface area contributed by atoms with Crippen LogP contribution in [-0.2, 0) is 26.2 Å². The highest BCUT2D eigenvalue weighted by atomic mass is 16.5. The zero-order chi connectivity index (χ0) is 33.3. The van der Waals surface area contributed by atoms with Crippen molar-refractivity contribution >= 4 is 12.4 Å². The first-order valence-corrected chi connectivity index (χ1v) is 16.9. The molecule has 0 aliphatic carbocycles. The molecule has 2 aliphatic rings. The zero-order valence-electron chi connectivity index (χ0n) is 28.1. The highest BCUT2D eigenvalue weighted by Crippen LogP contribution is 2.30. The number of hydrogen-bond donors (Lipinski definition) is 2. The lowest BCUT2D eigenvalue weighted by molar-refractivity contribution is 0.178. The standard InChI is InChI=1S/C40H46N4O4/c1-29-19-33-23-41-13-7-14-42-24-34-20-30(2)22-36(40(34)46)28-44-16-15-43(27-35(21-29)39(33)45)25-31-9-3-5-11-37(31)47-17-8-18-48-38-12-6-4-10-32(38)26-44/h3-6,9-12,19-24,45-46H,7-8,13-18,25-28H2,1-2H3. The SMILES string of the molecule is Cc1cc2c(O)c(c1)CN1CCN(Cc3ccccc3OCCCOc3ccccc3C1)Cc1cc(C)cc(c1O)C=NCCCN=C2. The van der Waals surface area contributed by atoms with Crippen LogP contribution >= 0.6 is 0 Å². The Balaban J connectivity index is 1.43. The van der Waals surface area contributed by atoms with Crippen LogP contribution in [-0.4, -0.2) is 71.8 Å². The van der Waals surface area contributed by atoms with Crippen molar-refractivity contribution in [3.8, 4) is 23.0 Å². The number of nitrogens with zero attached hydrogens (tertiary/aromatic N) is 4. The maximum Gasteiger partial charge on any atom is 0.128 e. The average Bonchev–Trinajstić information content (AvgIpc) is 3.07. The molecule has 0 spiro atoms. The molecule has 0 fully saturated rings. The summed E-state index contributed by atoms with van der Waals surface area (Å²) < 4.78 is 12.6. The molecule has 2 N–H and O–H groups in total. The minimum Gasteiger partial charge on any atom is -0.507 e. The number of fused-ring (bicyclic) bond motifs is 9. The van der Waals surface area contributed by atoms with E-state index in [1.54, 1.807) is 12.4 Å². The van der Waals surface area contributed by atoms with Crippen molar-refractivity contribution in [2.45, 2.75) is 52.9 Å². The fourth-order valence-corrected chi connectivity index (χ4v) is 6.43. The first kappa shape index (κ1) is 33.2. The molecule has 250 valence electrons. The molecule has 2 aliphatic heterocycles. The van der Waals surface area contributed by atoms with Crippen molar-refractivity contribution in [1.82, 2.24) is 9.80 Å². The lowest BCUT2D eigenvalue weighted by atomic mass is 10.0. The van der Waals surface area contributed by atoms with Crippen LogP contribution in [0.5, 0.6) is 23.0 Å². The van der Waals surface area contributed by atoms with E-state index in [4.69, 9.17) is 9.47 Å². The smallest absolute Gasteiger partial charge is 0.128 e. The molecule has 2 atom stereocenters. The van der Waals surface area contributed by atoms with Gasteiger partial charge in [-0.25, -0.2) is 0 Å². The molecular formula is C40H46N4O4. The van der Waals surface area contributed by atoms with Crippen LogP contribution in [0.1, 0.15) is 57.3 Å². The van der Waals surface area contributed by atoms with E-state index in [2.05, 4.69) is 57.9 Å². The number of benzene rings is 4. The van der Waals surface area contributed by atoms with Gasteiger partial charge in [-0.1, -0.05) is 48.5 Å². The van der Waals surface area contributed by atoms with Crippen LogP contribution in [0.25, 0.3) is 0 Å². The summed E-state index contributed by atoms with van der Waals surface area (Å²) in [6, 6.07) is 24.5. The molecule has 48 heavy (non-hydrogen) atoms. The van der Waals surface area contributed by atoms with Crippen LogP contribution in [0.4, 0.5) is 0 Å². The summed E-state index contributed by atoms with van der Waals surface area (Å²) in [5.74, 6) is 2.25. The summed E-state index contributed by atoms with van der Waals surface area (Å²) in [5.41, 5.74) is 7.51. The number of hydrogen-bond acceptors (Lipinski definition) is 8. The molecule has 0 radical (unpaired) electrons. The third kappa shape index (κ3) is 8.62. The molecule has 8 nitrogen and oxygen atoms in total. The Hall–Kier alpha value is -4.66. The Kier molecular flexibility index (Phi) is 11.1. The van der Waals surface area contributed by atoms with E-state index < -0.39 is 0 Å². The average molecular weight is 647 g/mol. The van der Waals surface area contributed by atoms with Gasteiger partial charge in [0.15, 0.2) is 0 Å². The maximum absolute atomic E-state index is 11.5. The molecular weight excluding hydrogens is 600 g/mol. The van der Waals surface area contributed by atoms with Gasteiger partial charge in [0.25, 0.3) is 0 Å². The van der Waals surface area contributed by atoms with Gasteiger partial charge >= 0.3 is 0 Å². The molecule has 0 saturated carbocycles. The normalized spacial score (nSPS) is 19.2. The first-order chi connectivity index (χ1) is 23.4. The van der Waals surface area contributed by atoms with Crippen LogP contribution < -0.4 is 9.47 Å². The number of para-hydroxylation sites is 2. The summed E-state index contributed by atoms with van der Waals surface area (Å²) in [4.78, 5) is 14.0. The highest BCUT2D eigenvalue weighted by Gasteiger charge is 2.20. The van der Waals surface area contributed by atoms with E-state index in [9.17, 15) is 10.2 Å². The van der Waals surface area contributed by atoms with Gasteiger partial charge < -0.3 is 19.7 Å². The van der Waals surface area contributed by atoms with Gasteiger partial charge in [0.2, 0.25) is 0 Å². The van der Waals surface area contributed by atoms with E-state index in [-0.39, 0.29) is 11.5 Å². The summed E-state index contributed by atoms with van der Waals surface area (Å²) in [6.07, 6.45) is 5.06. The molecule has 0 aromatic heterocycles. The third-order valence-electron chi connectivity index (χ3n) is 8.82. The second-order valence-electron chi connectivity index (χ2n) is 12.8. The van der Waals surface area contributed by atoms with Gasteiger partial charge in [0.05, 0.1) is 13.2 Å². The maximum atomic E-state index is 11.5. The van der Waals surface area contributed by atoms with Crippen molar-refractivity contribution in [2.75, 3.05) is 39.4 Å². The zero-order valence-corrected chi connectivity index (χ0v) is 28.1. The van der Waals surface area contributed by atoms with Gasteiger partial charge in [-0.2, -0.15) is 0 Å². The van der Waals surface area contributed by atoms with E-state index in [0.29, 0.717) is 65.6 Å². The van der Waals surface area contributed by atoms with Gasteiger partial charge in [-0.05, 0) is 55.7 Å². The van der Waals surface area contributed by atoms with E-state index in [1.165, 1.54) is 0 Å². The Morgan fingerprint density at radius 2 is 1.00 bits per heavy atom. The largest absolute Gasteiger partial charge is 0.507 e. The summed E-state index contributed by atoms with van der Waals surface area (Å²) in [6.45, 7) is 10.2. The molecule has 6 rings (SSSR count). The number of phenolic OH excluding ortho intramolecular Hbond substituents is 2. The van der Waals surface area contributed by atoms with Crippen molar-refractivity contribution in [2.24, 2.45) is 9.98 Å². The van der Waals surface area contributed by atoms with Gasteiger partial charge in [-0.3, -0.25) is 19.8 Å². The second-order valence-corrected chi connectivity index (χ2v) is 12.8. The topological polar surface area (TPSA) is 90.1 Å². The van der Waals surface area contributed by atoms with Crippen LogP contribution in [0.3, 0.4) is 0 Å². The number of aryl methyl sites for hydroxylation is 2. The Labute approximate surface area is 284 Å². The lowest BCUT2D eigenvalue weighted by Gasteiger charge is -2.29.